The molecule has 0 aromatic heterocycles. The molecule has 0 atom stereocenters. The van der Waals surface area contributed by atoms with E-state index in [-0.39, 0.29) is 0 Å². The zero-order chi connectivity index (χ0) is 14.5. The lowest BCUT2D eigenvalue weighted by Gasteiger charge is -2.36. The van der Waals surface area contributed by atoms with Gasteiger partial charge in [0.25, 0.3) is 0 Å². The highest BCUT2D eigenvalue weighted by Gasteiger charge is 2.29. The largest absolute Gasteiger partial charge is 0.314 e. The van der Waals surface area contributed by atoms with Crippen molar-refractivity contribution in [2.45, 2.75) is 50.5 Å². The minimum atomic E-state index is 0.729. The summed E-state index contributed by atoms with van der Waals surface area (Å²) >= 11 is 5.94. The third-order valence-electron chi connectivity index (χ3n) is 5.01. The number of nitrogens with zero attached hydrogens (tertiary/aromatic N) is 1. The van der Waals surface area contributed by atoms with Gasteiger partial charge in [0.2, 0.25) is 0 Å². The zero-order valence-corrected chi connectivity index (χ0v) is 13.6. The van der Waals surface area contributed by atoms with Crippen LogP contribution in [0.4, 0.5) is 0 Å². The summed E-state index contributed by atoms with van der Waals surface area (Å²) in [6.45, 7) is 5.10. The fraction of sp³-hybridized carbons (Fsp3) is 0.667. The van der Waals surface area contributed by atoms with Gasteiger partial charge in [-0.3, -0.25) is 0 Å². The van der Waals surface area contributed by atoms with Gasteiger partial charge in [-0.2, -0.15) is 0 Å². The average Bonchev–Trinajstić information content (AvgIpc) is 2.48. The first-order valence-corrected chi connectivity index (χ1v) is 8.90. The predicted octanol–water partition coefficient (Wildman–Crippen LogP) is 4.05. The Kier molecular flexibility index (Phi) is 5.56. The molecule has 1 aromatic rings. The molecular formula is C18H27ClN2. The van der Waals surface area contributed by atoms with Crippen LogP contribution in [-0.2, 0) is 0 Å². The van der Waals surface area contributed by atoms with Crippen LogP contribution < -0.4 is 5.32 Å². The molecular weight excluding hydrogens is 280 g/mol. The average molecular weight is 307 g/mol. The highest BCUT2D eigenvalue weighted by Crippen LogP contribution is 2.37. The van der Waals surface area contributed by atoms with Gasteiger partial charge in [0, 0.05) is 11.1 Å². The lowest BCUT2D eigenvalue weighted by molar-refractivity contribution is 0.220. The molecule has 2 aliphatic rings. The Labute approximate surface area is 133 Å². The van der Waals surface area contributed by atoms with Gasteiger partial charge in [-0.05, 0) is 81.9 Å². The number of hydrogen-bond acceptors (Lipinski definition) is 2. The number of likely N-dealkylation sites (tertiary alicyclic amines) is 1. The van der Waals surface area contributed by atoms with Crippen LogP contribution in [-0.4, -0.2) is 37.1 Å². The second kappa shape index (κ2) is 7.62. The maximum absolute atomic E-state index is 5.94. The zero-order valence-electron chi connectivity index (χ0n) is 12.9. The standard InChI is InChI=1S/C18H27ClN2/c19-17-7-5-15(6-8-17)16-13-18(14-16)20-9-4-12-21-10-2-1-3-11-21/h5-8,16,18,20H,1-4,9-14H2. The highest BCUT2D eigenvalue weighted by atomic mass is 35.5. The van der Waals surface area contributed by atoms with Gasteiger partial charge >= 0.3 is 0 Å². The van der Waals surface area contributed by atoms with E-state index < -0.39 is 0 Å². The summed E-state index contributed by atoms with van der Waals surface area (Å²) in [5, 5.41) is 4.56. The van der Waals surface area contributed by atoms with Crippen LogP contribution in [0.25, 0.3) is 0 Å². The van der Waals surface area contributed by atoms with Crippen molar-refractivity contribution in [1.29, 1.82) is 0 Å². The van der Waals surface area contributed by atoms with Gasteiger partial charge in [-0.15, -0.1) is 0 Å². The molecule has 2 nitrogen and oxygen atoms in total. The maximum Gasteiger partial charge on any atom is 0.0406 e. The minimum absolute atomic E-state index is 0.729. The van der Waals surface area contributed by atoms with Crippen LogP contribution in [0.1, 0.15) is 50.0 Å². The third-order valence-corrected chi connectivity index (χ3v) is 5.26. The van der Waals surface area contributed by atoms with Crippen LogP contribution in [0.5, 0.6) is 0 Å². The van der Waals surface area contributed by atoms with E-state index in [0.717, 1.165) is 17.0 Å². The van der Waals surface area contributed by atoms with E-state index in [9.17, 15) is 0 Å². The number of piperidine rings is 1. The number of nitrogens with one attached hydrogen (secondary N) is 1. The van der Waals surface area contributed by atoms with Crippen molar-refractivity contribution in [2.24, 2.45) is 0 Å². The smallest absolute Gasteiger partial charge is 0.0406 e. The minimum Gasteiger partial charge on any atom is -0.314 e. The molecule has 0 unspecified atom stereocenters. The van der Waals surface area contributed by atoms with E-state index in [1.54, 1.807) is 0 Å². The van der Waals surface area contributed by atoms with E-state index in [1.807, 2.05) is 12.1 Å². The molecule has 0 spiro atoms. The maximum atomic E-state index is 5.94. The second-order valence-corrected chi connectivity index (χ2v) is 7.06. The first kappa shape index (κ1) is 15.3. The molecule has 2 fully saturated rings. The monoisotopic (exact) mass is 306 g/mol. The fourth-order valence-electron chi connectivity index (χ4n) is 3.58. The predicted molar refractivity (Wildman–Crippen MR) is 90.1 cm³/mol. The number of halogens is 1. The Morgan fingerprint density at radius 1 is 1.05 bits per heavy atom. The van der Waals surface area contributed by atoms with Gasteiger partial charge in [0.05, 0.1) is 0 Å². The fourth-order valence-corrected chi connectivity index (χ4v) is 3.71. The van der Waals surface area contributed by atoms with Crippen molar-refractivity contribution in [1.82, 2.24) is 10.2 Å². The normalized spacial score (nSPS) is 26.5. The lowest BCUT2D eigenvalue weighted by Crippen LogP contribution is -2.41. The van der Waals surface area contributed by atoms with Crippen molar-refractivity contribution < 1.29 is 0 Å². The Balaban J connectivity index is 1.28. The van der Waals surface area contributed by atoms with Gasteiger partial charge in [-0.25, -0.2) is 0 Å². The first-order valence-electron chi connectivity index (χ1n) is 8.52. The molecule has 1 N–H and O–H groups in total. The Hall–Kier alpha value is -0.570. The quantitative estimate of drug-likeness (QED) is 0.798. The Morgan fingerprint density at radius 3 is 2.48 bits per heavy atom. The first-order chi connectivity index (χ1) is 10.3. The van der Waals surface area contributed by atoms with Crippen LogP contribution in [0.15, 0.2) is 24.3 Å². The lowest BCUT2D eigenvalue weighted by atomic mass is 9.76. The van der Waals surface area contributed by atoms with E-state index in [4.69, 9.17) is 11.6 Å². The van der Waals surface area contributed by atoms with Gasteiger partial charge in [-0.1, -0.05) is 30.2 Å². The van der Waals surface area contributed by atoms with Gasteiger partial charge < -0.3 is 10.2 Å². The molecule has 0 radical (unpaired) electrons. The molecule has 1 saturated carbocycles. The van der Waals surface area contributed by atoms with Crippen LogP contribution in [0, 0.1) is 0 Å². The summed E-state index contributed by atoms with van der Waals surface area (Å²) in [6.07, 6.45) is 8.10. The van der Waals surface area contributed by atoms with Crippen molar-refractivity contribution in [3.63, 3.8) is 0 Å². The van der Waals surface area contributed by atoms with Crippen LogP contribution in [0.2, 0.25) is 5.02 Å². The number of hydrogen-bond donors (Lipinski definition) is 1. The molecule has 1 aliphatic heterocycles. The van der Waals surface area contributed by atoms with Crippen molar-refractivity contribution >= 4 is 11.6 Å². The molecule has 3 heteroatoms. The number of rotatable bonds is 6. The van der Waals surface area contributed by atoms with E-state index >= 15 is 0 Å². The topological polar surface area (TPSA) is 15.3 Å². The summed E-state index contributed by atoms with van der Waals surface area (Å²) < 4.78 is 0. The molecule has 3 rings (SSSR count). The summed E-state index contributed by atoms with van der Waals surface area (Å²) in [5.74, 6) is 0.738. The van der Waals surface area contributed by atoms with Crippen molar-refractivity contribution in [3.8, 4) is 0 Å². The molecule has 21 heavy (non-hydrogen) atoms. The summed E-state index contributed by atoms with van der Waals surface area (Å²) in [5.41, 5.74) is 1.45. The third kappa shape index (κ3) is 4.45. The van der Waals surface area contributed by atoms with E-state index in [1.165, 1.54) is 70.3 Å². The molecule has 1 aliphatic carbocycles. The Morgan fingerprint density at radius 2 is 1.76 bits per heavy atom. The summed E-state index contributed by atoms with van der Waals surface area (Å²) in [4.78, 5) is 2.63. The molecule has 1 heterocycles. The van der Waals surface area contributed by atoms with E-state index in [0.29, 0.717) is 0 Å². The number of benzene rings is 1. The molecule has 1 saturated heterocycles. The molecule has 116 valence electrons. The van der Waals surface area contributed by atoms with Crippen molar-refractivity contribution in [2.75, 3.05) is 26.2 Å². The molecule has 0 amide bonds. The van der Waals surface area contributed by atoms with Crippen LogP contribution in [0.3, 0.4) is 0 Å². The van der Waals surface area contributed by atoms with Crippen LogP contribution >= 0.6 is 11.6 Å². The van der Waals surface area contributed by atoms with Gasteiger partial charge in [0.15, 0.2) is 0 Å². The SMILES string of the molecule is Clc1ccc(C2CC(NCCCN3CCCCC3)C2)cc1. The summed E-state index contributed by atoms with van der Waals surface area (Å²) in [7, 11) is 0. The van der Waals surface area contributed by atoms with Gasteiger partial charge in [0.1, 0.15) is 0 Å². The second-order valence-electron chi connectivity index (χ2n) is 6.63. The molecule has 1 aromatic carbocycles. The molecule has 0 bridgehead atoms. The van der Waals surface area contributed by atoms with Crippen molar-refractivity contribution in [3.05, 3.63) is 34.9 Å². The van der Waals surface area contributed by atoms with E-state index in [2.05, 4.69) is 22.3 Å². The summed E-state index contributed by atoms with van der Waals surface area (Å²) in [6, 6.07) is 9.11. The highest BCUT2D eigenvalue weighted by molar-refractivity contribution is 6.30. The Bertz CT molecular complexity index is 419.